The minimum atomic E-state index is -0.351. The lowest BCUT2D eigenvalue weighted by Crippen LogP contribution is -2.47. The maximum atomic E-state index is 12.4. The van der Waals surface area contributed by atoms with E-state index < -0.39 is 0 Å². The monoisotopic (exact) mass is 440 g/mol. The SMILES string of the molecule is CCOC(=O)c1ccc(-c2ccc(/C=C3\SC(N4CC(C)OC(C)C4)=NC3=O)o2)cc1. The van der Waals surface area contributed by atoms with Crippen molar-refractivity contribution >= 4 is 34.9 Å². The number of morpholine rings is 1. The molecule has 1 fully saturated rings. The lowest BCUT2D eigenvalue weighted by atomic mass is 10.1. The minimum Gasteiger partial charge on any atom is -0.462 e. The zero-order valence-corrected chi connectivity index (χ0v) is 18.5. The van der Waals surface area contributed by atoms with Gasteiger partial charge in [-0.25, -0.2) is 4.79 Å². The summed E-state index contributed by atoms with van der Waals surface area (Å²) in [6, 6.07) is 10.7. The van der Waals surface area contributed by atoms with Gasteiger partial charge >= 0.3 is 5.97 Å². The predicted octanol–water partition coefficient (Wildman–Crippen LogP) is 4.20. The number of hydrogen-bond donors (Lipinski definition) is 0. The number of ether oxygens (including phenoxy) is 2. The van der Waals surface area contributed by atoms with Crippen LogP contribution in [0.4, 0.5) is 0 Å². The number of nitrogens with zero attached hydrogens (tertiary/aromatic N) is 2. The lowest BCUT2D eigenvalue weighted by molar-refractivity contribution is -0.113. The lowest BCUT2D eigenvalue weighted by Gasteiger charge is -2.35. The van der Waals surface area contributed by atoms with Crippen molar-refractivity contribution in [2.24, 2.45) is 4.99 Å². The number of rotatable bonds is 4. The van der Waals surface area contributed by atoms with Gasteiger partial charge in [0.15, 0.2) is 5.17 Å². The van der Waals surface area contributed by atoms with E-state index in [2.05, 4.69) is 9.89 Å². The third kappa shape index (κ3) is 4.91. The van der Waals surface area contributed by atoms with E-state index >= 15 is 0 Å². The Morgan fingerprint density at radius 1 is 1.19 bits per heavy atom. The van der Waals surface area contributed by atoms with Crippen molar-refractivity contribution < 1.29 is 23.5 Å². The first-order valence-corrected chi connectivity index (χ1v) is 11.0. The van der Waals surface area contributed by atoms with E-state index in [9.17, 15) is 9.59 Å². The summed E-state index contributed by atoms with van der Waals surface area (Å²) in [5.41, 5.74) is 1.32. The summed E-state index contributed by atoms with van der Waals surface area (Å²) in [6.45, 7) is 7.57. The Labute approximate surface area is 185 Å². The number of thioether (sulfide) groups is 1. The first kappa shape index (κ1) is 21.4. The Balaban J connectivity index is 1.45. The molecule has 0 saturated carbocycles. The molecule has 0 N–H and O–H groups in total. The van der Waals surface area contributed by atoms with Gasteiger partial charge < -0.3 is 18.8 Å². The molecule has 162 valence electrons. The third-order valence-electron chi connectivity index (χ3n) is 4.88. The van der Waals surface area contributed by atoms with Crippen LogP contribution in [0, 0.1) is 0 Å². The number of benzene rings is 1. The van der Waals surface area contributed by atoms with Crippen molar-refractivity contribution in [3.63, 3.8) is 0 Å². The fraction of sp³-hybridized carbons (Fsp3) is 0.348. The van der Waals surface area contributed by atoms with Crippen molar-refractivity contribution in [3.05, 3.63) is 52.6 Å². The number of carbonyl (C=O) groups excluding carboxylic acids is 2. The molecule has 0 spiro atoms. The Bertz CT molecular complexity index is 1030. The number of hydrogen-bond acceptors (Lipinski definition) is 7. The van der Waals surface area contributed by atoms with Crippen LogP contribution >= 0.6 is 11.8 Å². The molecule has 1 aromatic heterocycles. The molecule has 2 aromatic rings. The van der Waals surface area contributed by atoms with Crippen LogP contribution in [-0.2, 0) is 14.3 Å². The van der Waals surface area contributed by atoms with Gasteiger partial charge in [0.25, 0.3) is 5.91 Å². The van der Waals surface area contributed by atoms with Crippen molar-refractivity contribution in [2.75, 3.05) is 19.7 Å². The van der Waals surface area contributed by atoms with Gasteiger partial charge in [-0.2, -0.15) is 4.99 Å². The zero-order valence-electron chi connectivity index (χ0n) is 17.7. The van der Waals surface area contributed by atoms with E-state index in [0.717, 1.165) is 5.56 Å². The van der Waals surface area contributed by atoms with Crippen molar-refractivity contribution in [2.45, 2.75) is 33.0 Å². The second-order valence-electron chi connectivity index (χ2n) is 7.47. The van der Waals surface area contributed by atoms with Gasteiger partial charge in [0.1, 0.15) is 11.5 Å². The smallest absolute Gasteiger partial charge is 0.338 e. The second-order valence-corrected chi connectivity index (χ2v) is 8.48. The van der Waals surface area contributed by atoms with Crippen LogP contribution in [0.2, 0.25) is 0 Å². The van der Waals surface area contributed by atoms with Crippen molar-refractivity contribution in [1.82, 2.24) is 4.90 Å². The second kappa shape index (κ2) is 9.11. The van der Waals surface area contributed by atoms with Gasteiger partial charge in [-0.15, -0.1) is 0 Å². The minimum absolute atomic E-state index is 0.0954. The molecule has 31 heavy (non-hydrogen) atoms. The summed E-state index contributed by atoms with van der Waals surface area (Å²) in [4.78, 5) is 31.0. The van der Waals surface area contributed by atoms with Gasteiger partial charge in [0, 0.05) is 24.7 Å². The molecular formula is C23H24N2O5S. The van der Waals surface area contributed by atoms with Gasteiger partial charge in [0.2, 0.25) is 0 Å². The van der Waals surface area contributed by atoms with Crippen LogP contribution in [0.5, 0.6) is 0 Å². The summed E-state index contributed by atoms with van der Waals surface area (Å²) in [5.74, 6) is 0.606. The van der Waals surface area contributed by atoms with Crippen LogP contribution in [0.3, 0.4) is 0 Å². The average molecular weight is 441 g/mol. The van der Waals surface area contributed by atoms with E-state index in [-0.39, 0.29) is 24.1 Å². The Kier molecular flexibility index (Phi) is 6.29. The highest BCUT2D eigenvalue weighted by atomic mass is 32.2. The van der Waals surface area contributed by atoms with Gasteiger partial charge in [-0.3, -0.25) is 4.79 Å². The number of amides is 1. The average Bonchev–Trinajstić information content (AvgIpc) is 3.35. The van der Waals surface area contributed by atoms with Crippen LogP contribution in [0.25, 0.3) is 17.4 Å². The van der Waals surface area contributed by atoms with Crippen LogP contribution in [0.1, 0.15) is 36.9 Å². The van der Waals surface area contributed by atoms with Crippen LogP contribution < -0.4 is 0 Å². The molecule has 2 unspecified atom stereocenters. The van der Waals surface area contributed by atoms with E-state index in [4.69, 9.17) is 13.9 Å². The van der Waals surface area contributed by atoms with E-state index in [1.165, 1.54) is 11.8 Å². The molecule has 2 aliphatic heterocycles. The fourth-order valence-corrected chi connectivity index (χ4v) is 4.48. The molecule has 2 aliphatic rings. The van der Waals surface area contributed by atoms with Crippen molar-refractivity contribution in [1.29, 1.82) is 0 Å². The van der Waals surface area contributed by atoms with E-state index in [1.807, 2.05) is 26.0 Å². The molecule has 7 nitrogen and oxygen atoms in total. The van der Waals surface area contributed by atoms with Gasteiger partial charge in [-0.05, 0) is 56.8 Å². The molecule has 0 radical (unpaired) electrons. The zero-order chi connectivity index (χ0) is 22.0. The quantitative estimate of drug-likeness (QED) is 0.520. The highest BCUT2D eigenvalue weighted by Gasteiger charge is 2.31. The summed E-state index contributed by atoms with van der Waals surface area (Å²) in [5, 5.41) is 0.708. The Morgan fingerprint density at radius 2 is 1.90 bits per heavy atom. The molecule has 0 bridgehead atoms. The standard InChI is InChI=1S/C23H24N2O5S/c1-4-28-22(27)17-7-5-16(6-8-17)19-10-9-18(30-19)11-20-21(26)24-23(31-20)25-12-14(2)29-15(3)13-25/h5-11,14-15H,4,12-13H2,1-3H3/b20-11-. The molecule has 0 aliphatic carbocycles. The number of carbonyl (C=O) groups is 2. The number of esters is 1. The molecule has 2 atom stereocenters. The molecule has 8 heteroatoms. The summed E-state index contributed by atoms with van der Waals surface area (Å²) in [6.07, 6.45) is 1.91. The van der Waals surface area contributed by atoms with Crippen LogP contribution in [0.15, 0.2) is 50.7 Å². The maximum Gasteiger partial charge on any atom is 0.338 e. The molecule has 1 amide bonds. The first-order chi connectivity index (χ1) is 14.9. The third-order valence-corrected chi connectivity index (χ3v) is 5.92. The topological polar surface area (TPSA) is 81.3 Å². The molecule has 1 saturated heterocycles. The number of furan rings is 1. The molecular weight excluding hydrogens is 416 g/mol. The number of amidine groups is 1. The van der Waals surface area contributed by atoms with Crippen molar-refractivity contribution in [3.8, 4) is 11.3 Å². The largest absolute Gasteiger partial charge is 0.462 e. The predicted molar refractivity (Wildman–Crippen MR) is 120 cm³/mol. The molecule has 4 rings (SSSR count). The summed E-state index contributed by atoms with van der Waals surface area (Å²) in [7, 11) is 0. The van der Waals surface area contributed by atoms with E-state index in [0.29, 0.717) is 46.9 Å². The van der Waals surface area contributed by atoms with Gasteiger partial charge in [0.05, 0.1) is 29.3 Å². The Morgan fingerprint density at radius 3 is 2.58 bits per heavy atom. The molecule has 3 heterocycles. The summed E-state index contributed by atoms with van der Waals surface area (Å²) >= 11 is 1.36. The number of aliphatic imine (C=N–C) groups is 1. The highest BCUT2D eigenvalue weighted by Crippen LogP contribution is 2.32. The highest BCUT2D eigenvalue weighted by molar-refractivity contribution is 8.18. The maximum absolute atomic E-state index is 12.4. The Hall–Kier alpha value is -2.84. The fourth-order valence-electron chi connectivity index (χ4n) is 3.57. The first-order valence-electron chi connectivity index (χ1n) is 10.2. The normalized spacial score (nSPS) is 22.7. The molecule has 1 aromatic carbocycles. The van der Waals surface area contributed by atoms with Gasteiger partial charge in [-0.1, -0.05) is 12.1 Å². The van der Waals surface area contributed by atoms with Crippen LogP contribution in [-0.4, -0.2) is 53.8 Å². The van der Waals surface area contributed by atoms with E-state index in [1.54, 1.807) is 37.3 Å². The summed E-state index contributed by atoms with van der Waals surface area (Å²) < 4.78 is 16.7.